The monoisotopic (exact) mass is 350 g/mol. The maximum absolute atomic E-state index is 12.7. The summed E-state index contributed by atoms with van der Waals surface area (Å²) >= 11 is 0. The SMILES string of the molecule is CCOC(=O)c1c(C)c(C(=O)C(=O)NC2(C)CCOCC2)n(C)c1C. The molecule has 7 heteroatoms. The molecule has 25 heavy (non-hydrogen) atoms. The number of ketones is 1. The van der Waals surface area contributed by atoms with Gasteiger partial charge in [-0.05, 0) is 46.1 Å². The van der Waals surface area contributed by atoms with Gasteiger partial charge in [0, 0.05) is 31.5 Å². The molecule has 0 saturated carbocycles. The standard InChI is InChI=1S/C18H26N2O5/c1-6-25-17(23)13-11(2)14(20(5)12(13)3)15(21)16(22)19-18(4)7-9-24-10-8-18/h6-10H2,1-5H3,(H,19,22). The van der Waals surface area contributed by atoms with Crippen molar-refractivity contribution in [3.63, 3.8) is 0 Å². The summed E-state index contributed by atoms with van der Waals surface area (Å²) in [6.07, 6.45) is 1.32. The Morgan fingerprint density at radius 3 is 2.40 bits per heavy atom. The molecule has 138 valence electrons. The molecule has 0 aliphatic carbocycles. The lowest BCUT2D eigenvalue weighted by Gasteiger charge is -2.34. The molecule has 1 amide bonds. The molecule has 1 saturated heterocycles. The fraction of sp³-hybridized carbons (Fsp3) is 0.611. The smallest absolute Gasteiger partial charge is 0.340 e. The number of esters is 1. The lowest BCUT2D eigenvalue weighted by molar-refractivity contribution is -0.119. The fourth-order valence-electron chi connectivity index (χ4n) is 3.19. The van der Waals surface area contributed by atoms with E-state index in [1.165, 1.54) is 0 Å². The zero-order valence-electron chi connectivity index (χ0n) is 15.5. The number of ether oxygens (including phenoxy) is 2. The van der Waals surface area contributed by atoms with Gasteiger partial charge in [0.05, 0.1) is 17.9 Å². The molecule has 0 aromatic carbocycles. The Balaban J connectivity index is 2.28. The molecule has 1 aliphatic heterocycles. The molecule has 1 fully saturated rings. The third kappa shape index (κ3) is 3.76. The van der Waals surface area contributed by atoms with E-state index in [0.29, 0.717) is 42.9 Å². The van der Waals surface area contributed by atoms with Crippen LogP contribution in [-0.2, 0) is 21.3 Å². The van der Waals surface area contributed by atoms with Crippen molar-refractivity contribution in [1.29, 1.82) is 0 Å². The molecule has 0 spiro atoms. The van der Waals surface area contributed by atoms with Crippen molar-refractivity contribution in [2.75, 3.05) is 19.8 Å². The van der Waals surface area contributed by atoms with Gasteiger partial charge in [-0.3, -0.25) is 9.59 Å². The maximum atomic E-state index is 12.7. The van der Waals surface area contributed by atoms with E-state index in [1.54, 1.807) is 32.4 Å². The van der Waals surface area contributed by atoms with Gasteiger partial charge in [0.1, 0.15) is 0 Å². The van der Waals surface area contributed by atoms with Crippen LogP contribution in [0.5, 0.6) is 0 Å². The fourth-order valence-corrected chi connectivity index (χ4v) is 3.19. The van der Waals surface area contributed by atoms with Crippen LogP contribution in [0.25, 0.3) is 0 Å². The van der Waals surface area contributed by atoms with Crippen molar-refractivity contribution in [2.45, 2.75) is 46.1 Å². The van der Waals surface area contributed by atoms with Crippen molar-refractivity contribution in [3.05, 3.63) is 22.5 Å². The Morgan fingerprint density at radius 1 is 1.24 bits per heavy atom. The Hall–Kier alpha value is -2.15. The van der Waals surface area contributed by atoms with Gasteiger partial charge in [-0.15, -0.1) is 0 Å². The first-order valence-corrected chi connectivity index (χ1v) is 8.49. The van der Waals surface area contributed by atoms with Crippen molar-refractivity contribution < 1.29 is 23.9 Å². The summed E-state index contributed by atoms with van der Waals surface area (Å²) in [6.45, 7) is 8.38. The summed E-state index contributed by atoms with van der Waals surface area (Å²) in [5, 5.41) is 2.83. The van der Waals surface area contributed by atoms with Crippen molar-refractivity contribution in [1.82, 2.24) is 9.88 Å². The number of aromatic nitrogens is 1. The number of nitrogens with zero attached hydrogens (tertiary/aromatic N) is 1. The van der Waals surface area contributed by atoms with Crippen LogP contribution in [0, 0.1) is 13.8 Å². The van der Waals surface area contributed by atoms with Crippen LogP contribution in [0.2, 0.25) is 0 Å². The molecular formula is C18H26N2O5. The second-order valence-corrected chi connectivity index (χ2v) is 6.67. The molecule has 1 aromatic rings. The van der Waals surface area contributed by atoms with Gasteiger partial charge < -0.3 is 19.4 Å². The normalized spacial score (nSPS) is 16.4. The van der Waals surface area contributed by atoms with Crippen molar-refractivity contribution >= 4 is 17.7 Å². The second kappa shape index (κ2) is 7.39. The average molecular weight is 350 g/mol. The van der Waals surface area contributed by atoms with E-state index in [2.05, 4.69) is 5.32 Å². The van der Waals surface area contributed by atoms with E-state index in [-0.39, 0.29) is 12.3 Å². The second-order valence-electron chi connectivity index (χ2n) is 6.67. The largest absolute Gasteiger partial charge is 0.462 e. The third-order valence-corrected chi connectivity index (χ3v) is 4.84. The zero-order valence-corrected chi connectivity index (χ0v) is 15.5. The summed E-state index contributed by atoms with van der Waals surface area (Å²) < 4.78 is 11.9. The number of Topliss-reactive ketones (excluding diaryl/α,β-unsaturated/α-hetero) is 1. The van der Waals surface area contributed by atoms with Crippen LogP contribution >= 0.6 is 0 Å². The molecule has 2 rings (SSSR count). The number of carbonyl (C=O) groups excluding carboxylic acids is 3. The van der Waals surface area contributed by atoms with Crippen molar-refractivity contribution in [3.8, 4) is 0 Å². The maximum Gasteiger partial charge on any atom is 0.340 e. The Kier molecular flexibility index (Phi) is 5.67. The number of carbonyl (C=O) groups is 3. The Bertz CT molecular complexity index is 699. The first-order valence-electron chi connectivity index (χ1n) is 8.49. The predicted molar refractivity (Wildman–Crippen MR) is 91.8 cm³/mol. The van der Waals surface area contributed by atoms with E-state index in [9.17, 15) is 14.4 Å². The van der Waals surface area contributed by atoms with E-state index in [0.717, 1.165) is 0 Å². The molecule has 1 aliphatic rings. The zero-order chi connectivity index (χ0) is 18.8. The molecule has 0 bridgehead atoms. The van der Waals surface area contributed by atoms with Crippen LogP contribution < -0.4 is 5.32 Å². The molecule has 2 heterocycles. The van der Waals surface area contributed by atoms with Gasteiger partial charge in [0.2, 0.25) is 0 Å². The lowest BCUT2D eigenvalue weighted by Crippen LogP contribution is -2.51. The molecule has 1 aromatic heterocycles. The van der Waals surface area contributed by atoms with Gasteiger partial charge in [-0.1, -0.05) is 0 Å². The minimum absolute atomic E-state index is 0.216. The van der Waals surface area contributed by atoms with E-state index in [1.807, 2.05) is 6.92 Å². The summed E-state index contributed by atoms with van der Waals surface area (Å²) in [4.78, 5) is 37.4. The van der Waals surface area contributed by atoms with Gasteiger partial charge in [-0.25, -0.2) is 4.79 Å². The van der Waals surface area contributed by atoms with Gasteiger partial charge in [0.25, 0.3) is 11.7 Å². The highest BCUT2D eigenvalue weighted by atomic mass is 16.5. The molecule has 0 atom stereocenters. The minimum Gasteiger partial charge on any atom is -0.462 e. The first kappa shape index (κ1) is 19.2. The van der Waals surface area contributed by atoms with Crippen LogP contribution in [0.3, 0.4) is 0 Å². The number of rotatable bonds is 5. The first-order chi connectivity index (χ1) is 11.7. The highest BCUT2D eigenvalue weighted by Gasteiger charge is 2.34. The molecule has 0 radical (unpaired) electrons. The summed E-state index contributed by atoms with van der Waals surface area (Å²) in [5.74, 6) is -1.79. The van der Waals surface area contributed by atoms with E-state index >= 15 is 0 Å². The third-order valence-electron chi connectivity index (χ3n) is 4.84. The van der Waals surface area contributed by atoms with E-state index < -0.39 is 23.2 Å². The average Bonchev–Trinajstić information content (AvgIpc) is 2.77. The molecule has 1 N–H and O–H groups in total. The molecule has 7 nitrogen and oxygen atoms in total. The van der Waals surface area contributed by atoms with Crippen LogP contribution in [-0.4, -0.2) is 47.6 Å². The summed E-state index contributed by atoms with van der Waals surface area (Å²) in [6, 6.07) is 0. The lowest BCUT2D eigenvalue weighted by atomic mass is 9.92. The Morgan fingerprint density at radius 2 is 1.84 bits per heavy atom. The van der Waals surface area contributed by atoms with Crippen molar-refractivity contribution in [2.24, 2.45) is 7.05 Å². The number of hydrogen-bond donors (Lipinski definition) is 1. The summed E-state index contributed by atoms with van der Waals surface area (Å²) in [5.41, 5.74) is 1.18. The summed E-state index contributed by atoms with van der Waals surface area (Å²) in [7, 11) is 1.67. The van der Waals surface area contributed by atoms with Crippen LogP contribution in [0.1, 0.15) is 58.8 Å². The number of nitrogens with one attached hydrogen (secondary N) is 1. The van der Waals surface area contributed by atoms with E-state index in [4.69, 9.17) is 9.47 Å². The van der Waals surface area contributed by atoms with Gasteiger partial charge >= 0.3 is 5.97 Å². The minimum atomic E-state index is -0.663. The van der Waals surface area contributed by atoms with Gasteiger partial charge in [-0.2, -0.15) is 0 Å². The van der Waals surface area contributed by atoms with Gasteiger partial charge in [0.15, 0.2) is 0 Å². The number of hydrogen-bond acceptors (Lipinski definition) is 5. The highest BCUT2D eigenvalue weighted by Crippen LogP contribution is 2.24. The quantitative estimate of drug-likeness (QED) is 0.496. The van der Waals surface area contributed by atoms with Crippen LogP contribution in [0.15, 0.2) is 0 Å². The topological polar surface area (TPSA) is 86.6 Å². The predicted octanol–water partition coefficient (Wildman–Crippen LogP) is 1.69. The molecular weight excluding hydrogens is 324 g/mol. The highest BCUT2D eigenvalue weighted by molar-refractivity contribution is 6.43. The Labute approximate surface area is 147 Å². The van der Waals surface area contributed by atoms with Crippen LogP contribution in [0.4, 0.5) is 0 Å². The number of amides is 1. The molecule has 0 unspecified atom stereocenters.